The summed E-state index contributed by atoms with van der Waals surface area (Å²) in [5, 5.41) is 3.04. The number of benzene rings is 1. The number of nitrogens with zero attached hydrogens (tertiary/aromatic N) is 1. The van der Waals surface area contributed by atoms with E-state index in [-0.39, 0.29) is 23.9 Å². The van der Waals surface area contributed by atoms with Gasteiger partial charge in [0, 0.05) is 19.0 Å². The number of aryl methyl sites for hydroxylation is 1. The zero-order valence-corrected chi connectivity index (χ0v) is 14.6. The van der Waals surface area contributed by atoms with E-state index < -0.39 is 0 Å². The van der Waals surface area contributed by atoms with Gasteiger partial charge in [0.15, 0.2) is 0 Å². The summed E-state index contributed by atoms with van der Waals surface area (Å²) in [5.74, 6) is 0.167. The Morgan fingerprint density at radius 1 is 1.08 bits per heavy atom. The maximum atomic E-state index is 12.6. The standard InChI is InChI=1S/C20H28N2O2/c1-2-15-8-10-16(11-9-15)14-21-20(24)18-12-13-19(23)22(18)17-6-4-3-5-7-17/h8-11,17-18H,2-7,12-14H2,1H3,(H,21,24)/t18-/m1/s1. The van der Waals surface area contributed by atoms with Gasteiger partial charge in [0.2, 0.25) is 11.8 Å². The van der Waals surface area contributed by atoms with Crippen molar-refractivity contribution in [1.29, 1.82) is 0 Å². The van der Waals surface area contributed by atoms with Crippen LogP contribution in [-0.2, 0) is 22.6 Å². The molecule has 1 aromatic carbocycles. The Morgan fingerprint density at radius 2 is 1.75 bits per heavy atom. The van der Waals surface area contributed by atoms with Crippen molar-refractivity contribution < 1.29 is 9.59 Å². The topological polar surface area (TPSA) is 49.4 Å². The molecule has 1 atom stereocenters. The largest absolute Gasteiger partial charge is 0.350 e. The van der Waals surface area contributed by atoms with Gasteiger partial charge in [-0.15, -0.1) is 0 Å². The Kier molecular flexibility index (Phi) is 5.54. The van der Waals surface area contributed by atoms with Gasteiger partial charge in [0.1, 0.15) is 6.04 Å². The quantitative estimate of drug-likeness (QED) is 0.902. The zero-order chi connectivity index (χ0) is 16.9. The lowest BCUT2D eigenvalue weighted by Gasteiger charge is -2.35. The molecule has 24 heavy (non-hydrogen) atoms. The van der Waals surface area contributed by atoms with Gasteiger partial charge in [0.05, 0.1) is 0 Å². The van der Waals surface area contributed by atoms with Crippen LogP contribution in [0.4, 0.5) is 0 Å². The summed E-state index contributed by atoms with van der Waals surface area (Å²) in [4.78, 5) is 26.8. The minimum absolute atomic E-state index is 0.00555. The summed E-state index contributed by atoms with van der Waals surface area (Å²) in [6.07, 6.45) is 7.90. The van der Waals surface area contributed by atoms with Crippen LogP contribution in [0, 0.1) is 0 Å². The van der Waals surface area contributed by atoms with Gasteiger partial charge in [0.25, 0.3) is 0 Å². The summed E-state index contributed by atoms with van der Waals surface area (Å²) in [6.45, 7) is 2.67. The molecule has 3 rings (SSSR count). The van der Waals surface area contributed by atoms with Gasteiger partial charge in [-0.3, -0.25) is 9.59 Å². The van der Waals surface area contributed by atoms with E-state index in [0.29, 0.717) is 19.4 Å². The van der Waals surface area contributed by atoms with Gasteiger partial charge in [-0.2, -0.15) is 0 Å². The average molecular weight is 328 g/mol. The fraction of sp³-hybridized carbons (Fsp3) is 0.600. The van der Waals surface area contributed by atoms with Crippen LogP contribution in [-0.4, -0.2) is 28.8 Å². The van der Waals surface area contributed by atoms with Crippen LogP contribution in [0.15, 0.2) is 24.3 Å². The third-order valence-electron chi connectivity index (χ3n) is 5.42. The van der Waals surface area contributed by atoms with Crippen molar-refractivity contribution in [3.8, 4) is 0 Å². The van der Waals surface area contributed by atoms with Crippen molar-refractivity contribution in [1.82, 2.24) is 10.2 Å². The summed E-state index contributed by atoms with van der Waals surface area (Å²) < 4.78 is 0. The lowest BCUT2D eigenvalue weighted by molar-refractivity contribution is -0.138. The molecule has 1 aromatic rings. The third-order valence-corrected chi connectivity index (χ3v) is 5.42. The van der Waals surface area contributed by atoms with E-state index in [1.54, 1.807) is 0 Å². The number of carbonyl (C=O) groups is 2. The van der Waals surface area contributed by atoms with Crippen molar-refractivity contribution >= 4 is 11.8 Å². The van der Waals surface area contributed by atoms with E-state index in [2.05, 4.69) is 36.5 Å². The molecule has 2 amide bonds. The molecule has 0 aromatic heterocycles. The molecule has 0 radical (unpaired) electrons. The molecule has 1 saturated carbocycles. The Morgan fingerprint density at radius 3 is 2.42 bits per heavy atom. The number of nitrogens with one attached hydrogen (secondary N) is 1. The summed E-state index contributed by atoms with van der Waals surface area (Å²) in [7, 11) is 0. The van der Waals surface area contributed by atoms with Crippen molar-refractivity contribution in [3.63, 3.8) is 0 Å². The highest BCUT2D eigenvalue weighted by Crippen LogP contribution is 2.30. The van der Waals surface area contributed by atoms with Gasteiger partial charge in [-0.25, -0.2) is 0 Å². The van der Waals surface area contributed by atoms with Crippen LogP contribution in [0.2, 0.25) is 0 Å². The Balaban J connectivity index is 1.59. The molecule has 0 unspecified atom stereocenters. The third kappa shape index (κ3) is 3.80. The van der Waals surface area contributed by atoms with Gasteiger partial charge < -0.3 is 10.2 Å². The molecule has 4 heteroatoms. The molecule has 1 N–H and O–H groups in total. The molecular formula is C20H28N2O2. The fourth-order valence-corrected chi connectivity index (χ4v) is 3.98. The number of amides is 2. The fourth-order valence-electron chi connectivity index (χ4n) is 3.98. The molecule has 2 aliphatic rings. The molecule has 1 aliphatic carbocycles. The average Bonchev–Trinajstić information content (AvgIpc) is 3.02. The Labute approximate surface area is 144 Å². The van der Waals surface area contributed by atoms with Crippen LogP contribution >= 0.6 is 0 Å². The first kappa shape index (κ1) is 17.0. The first-order chi connectivity index (χ1) is 11.7. The predicted octanol–water partition coefficient (Wildman–Crippen LogP) is 3.19. The molecule has 0 bridgehead atoms. The van der Waals surface area contributed by atoms with Crippen LogP contribution in [0.3, 0.4) is 0 Å². The van der Waals surface area contributed by atoms with E-state index in [1.807, 2.05) is 4.90 Å². The molecule has 1 saturated heterocycles. The molecule has 4 nitrogen and oxygen atoms in total. The van der Waals surface area contributed by atoms with E-state index in [0.717, 1.165) is 24.8 Å². The molecular weight excluding hydrogens is 300 g/mol. The van der Waals surface area contributed by atoms with Crippen LogP contribution in [0.25, 0.3) is 0 Å². The lowest BCUT2D eigenvalue weighted by Crippen LogP contribution is -2.49. The highest BCUT2D eigenvalue weighted by Gasteiger charge is 2.40. The number of carbonyl (C=O) groups excluding carboxylic acids is 2. The minimum Gasteiger partial charge on any atom is -0.350 e. The lowest BCUT2D eigenvalue weighted by atomic mass is 9.93. The van der Waals surface area contributed by atoms with E-state index in [9.17, 15) is 9.59 Å². The first-order valence-electron chi connectivity index (χ1n) is 9.35. The predicted molar refractivity (Wildman–Crippen MR) is 94.4 cm³/mol. The summed E-state index contributed by atoms with van der Waals surface area (Å²) >= 11 is 0. The highest BCUT2D eigenvalue weighted by molar-refractivity contribution is 5.91. The van der Waals surface area contributed by atoms with E-state index in [1.165, 1.54) is 24.8 Å². The zero-order valence-electron chi connectivity index (χ0n) is 14.6. The normalized spacial score (nSPS) is 22.0. The van der Waals surface area contributed by atoms with Crippen molar-refractivity contribution in [2.75, 3.05) is 0 Å². The number of hydrogen-bond donors (Lipinski definition) is 1. The molecule has 1 aliphatic heterocycles. The van der Waals surface area contributed by atoms with Crippen molar-refractivity contribution in [2.24, 2.45) is 0 Å². The van der Waals surface area contributed by atoms with Crippen LogP contribution in [0.1, 0.15) is 63.0 Å². The van der Waals surface area contributed by atoms with Gasteiger partial charge in [-0.05, 0) is 36.8 Å². The maximum absolute atomic E-state index is 12.6. The molecule has 0 spiro atoms. The van der Waals surface area contributed by atoms with Gasteiger partial charge in [-0.1, -0.05) is 50.5 Å². The molecule has 2 fully saturated rings. The maximum Gasteiger partial charge on any atom is 0.243 e. The first-order valence-corrected chi connectivity index (χ1v) is 9.35. The smallest absolute Gasteiger partial charge is 0.243 e. The second-order valence-corrected chi connectivity index (χ2v) is 7.04. The SMILES string of the molecule is CCc1ccc(CNC(=O)[C@H]2CCC(=O)N2C2CCCCC2)cc1. The summed E-state index contributed by atoms with van der Waals surface area (Å²) in [5.41, 5.74) is 2.41. The monoisotopic (exact) mass is 328 g/mol. The van der Waals surface area contributed by atoms with Crippen molar-refractivity contribution in [2.45, 2.75) is 76.9 Å². The second-order valence-electron chi connectivity index (χ2n) is 7.04. The Bertz CT molecular complexity index is 576. The van der Waals surface area contributed by atoms with E-state index in [4.69, 9.17) is 0 Å². The highest BCUT2D eigenvalue weighted by atomic mass is 16.2. The second kappa shape index (κ2) is 7.82. The van der Waals surface area contributed by atoms with Gasteiger partial charge >= 0.3 is 0 Å². The Hall–Kier alpha value is -1.84. The minimum atomic E-state index is -0.268. The number of hydrogen-bond acceptors (Lipinski definition) is 2. The number of rotatable bonds is 5. The van der Waals surface area contributed by atoms with Crippen molar-refractivity contribution in [3.05, 3.63) is 35.4 Å². The molecule has 1 heterocycles. The number of likely N-dealkylation sites (tertiary alicyclic amines) is 1. The van der Waals surface area contributed by atoms with Crippen LogP contribution < -0.4 is 5.32 Å². The van der Waals surface area contributed by atoms with E-state index >= 15 is 0 Å². The molecule has 130 valence electrons. The summed E-state index contributed by atoms with van der Waals surface area (Å²) in [6, 6.07) is 8.35. The van der Waals surface area contributed by atoms with Crippen LogP contribution in [0.5, 0.6) is 0 Å².